The number of Topliss-reactive ketones (excluding diaryl/α,β-unsaturated/α-hetero) is 1. The molecule has 0 spiro atoms. The lowest BCUT2D eigenvalue weighted by atomic mass is 10.1. The maximum absolute atomic E-state index is 13.0. The van der Waals surface area contributed by atoms with Crippen molar-refractivity contribution in [2.45, 2.75) is 32.9 Å². The van der Waals surface area contributed by atoms with Gasteiger partial charge in [0.15, 0.2) is 17.5 Å². The zero-order valence-electron chi connectivity index (χ0n) is 15.1. The molecular formula is C21H19ClN3O2+. The standard InChI is InChI=1S/C21H19ClN3O2/c1-3-16-13(2)24(12-19(26)14-8-10-15(22)11-9-14)21-23-17-6-4-5-7-18(17)25(21)20(16)27/h4-11,18H,3,12H2,1-2H3/q+1. The molecule has 1 aromatic carbocycles. The van der Waals surface area contributed by atoms with Crippen LogP contribution in [0.15, 0.2) is 58.4 Å². The Labute approximate surface area is 161 Å². The first kappa shape index (κ1) is 17.6. The van der Waals surface area contributed by atoms with Gasteiger partial charge in [-0.25, -0.2) is 4.57 Å². The van der Waals surface area contributed by atoms with Crippen LogP contribution in [0.25, 0.3) is 0 Å². The van der Waals surface area contributed by atoms with Crippen LogP contribution >= 0.6 is 11.6 Å². The summed E-state index contributed by atoms with van der Waals surface area (Å²) in [5.74, 6) is 0.470. The van der Waals surface area contributed by atoms with Gasteiger partial charge in [0.05, 0.1) is 11.3 Å². The molecule has 4 rings (SSSR count). The normalized spacial score (nSPS) is 16.9. The van der Waals surface area contributed by atoms with Gasteiger partial charge in [-0.05, 0) is 49.8 Å². The van der Waals surface area contributed by atoms with E-state index >= 15 is 0 Å². The lowest BCUT2D eigenvalue weighted by Crippen LogP contribution is -2.47. The Morgan fingerprint density at radius 3 is 2.70 bits per heavy atom. The second-order valence-electron chi connectivity index (χ2n) is 6.63. The lowest BCUT2D eigenvalue weighted by molar-refractivity contribution is -0.680. The fraction of sp³-hybridized carbons (Fsp3) is 0.238. The molecule has 1 aromatic heterocycles. The van der Waals surface area contributed by atoms with E-state index in [0.717, 1.165) is 11.4 Å². The Kier molecular flexibility index (Phi) is 4.40. The second kappa shape index (κ2) is 6.74. The van der Waals surface area contributed by atoms with E-state index in [0.29, 0.717) is 28.5 Å². The number of rotatable bonds is 4. The third kappa shape index (κ3) is 2.88. The Morgan fingerprint density at radius 2 is 2.00 bits per heavy atom. The van der Waals surface area contributed by atoms with Crippen molar-refractivity contribution >= 4 is 29.0 Å². The Morgan fingerprint density at radius 1 is 1.26 bits per heavy atom. The first-order valence-electron chi connectivity index (χ1n) is 8.91. The SMILES string of the molecule is CCc1c(C)[n+](CC(=O)c2ccc(Cl)cc2)c2n(c1=O)C1C=CC=CC1=N2. The molecule has 136 valence electrons. The van der Waals surface area contributed by atoms with Crippen LogP contribution in [-0.2, 0) is 13.0 Å². The maximum atomic E-state index is 13.0. The summed E-state index contributed by atoms with van der Waals surface area (Å²) in [6, 6.07) is 6.63. The highest BCUT2D eigenvalue weighted by molar-refractivity contribution is 6.30. The van der Waals surface area contributed by atoms with E-state index in [1.165, 1.54) is 0 Å². The van der Waals surface area contributed by atoms with E-state index in [-0.39, 0.29) is 23.9 Å². The van der Waals surface area contributed by atoms with E-state index in [1.807, 2.05) is 42.7 Å². The van der Waals surface area contributed by atoms with Gasteiger partial charge in [0.1, 0.15) is 6.54 Å². The van der Waals surface area contributed by atoms with Crippen LogP contribution in [0.5, 0.6) is 0 Å². The highest BCUT2D eigenvalue weighted by Gasteiger charge is 2.38. The van der Waals surface area contributed by atoms with Crippen molar-refractivity contribution < 1.29 is 9.36 Å². The topological polar surface area (TPSA) is 55.3 Å². The molecule has 0 amide bonds. The Hall–Kier alpha value is -2.79. The third-order valence-corrected chi connectivity index (χ3v) is 5.33. The quantitative estimate of drug-likeness (QED) is 0.603. The van der Waals surface area contributed by atoms with E-state index < -0.39 is 0 Å². The summed E-state index contributed by atoms with van der Waals surface area (Å²) in [7, 11) is 0. The summed E-state index contributed by atoms with van der Waals surface area (Å²) in [6.45, 7) is 3.95. The van der Waals surface area contributed by atoms with Crippen LogP contribution in [0.1, 0.15) is 34.6 Å². The molecule has 2 heterocycles. The highest BCUT2D eigenvalue weighted by Crippen LogP contribution is 2.28. The molecule has 0 fully saturated rings. The van der Waals surface area contributed by atoms with E-state index in [2.05, 4.69) is 4.99 Å². The molecule has 2 aliphatic rings. The minimum Gasteiger partial charge on any atom is -0.291 e. The van der Waals surface area contributed by atoms with Crippen molar-refractivity contribution in [1.29, 1.82) is 0 Å². The molecular weight excluding hydrogens is 362 g/mol. The minimum absolute atomic E-state index is 0.0381. The first-order valence-corrected chi connectivity index (χ1v) is 9.29. The first-order chi connectivity index (χ1) is 13.0. The average molecular weight is 381 g/mol. The summed E-state index contributed by atoms with van der Waals surface area (Å²) in [4.78, 5) is 30.5. The molecule has 0 saturated heterocycles. The van der Waals surface area contributed by atoms with Gasteiger partial charge in [-0.3, -0.25) is 9.59 Å². The van der Waals surface area contributed by atoms with Gasteiger partial charge in [-0.2, -0.15) is 4.57 Å². The number of aromatic nitrogens is 2. The average Bonchev–Trinajstić information content (AvgIpc) is 3.05. The van der Waals surface area contributed by atoms with E-state index in [9.17, 15) is 9.59 Å². The molecule has 1 unspecified atom stereocenters. The number of allylic oxidation sites excluding steroid dienone is 4. The zero-order chi connectivity index (χ0) is 19.1. The maximum Gasteiger partial charge on any atom is 0.403 e. The Balaban J connectivity index is 1.85. The molecule has 1 aliphatic heterocycles. The van der Waals surface area contributed by atoms with Gasteiger partial charge in [-0.15, -0.1) is 0 Å². The number of nitrogens with zero attached hydrogens (tertiary/aromatic N) is 3. The van der Waals surface area contributed by atoms with Gasteiger partial charge < -0.3 is 0 Å². The monoisotopic (exact) mass is 380 g/mol. The number of hydrogen-bond acceptors (Lipinski definition) is 3. The molecule has 5 nitrogen and oxygen atoms in total. The van der Waals surface area contributed by atoms with Crippen molar-refractivity contribution in [2.24, 2.45) is 4.99 Å². The second-order valence-corrected chi connectivity index (χ2v) is 7.07. The number of halogens is 1. The van der Waals surface area contributed by atoms with Crippen LogP contribution in [0.4, 0.5) is 5.95 Å². The molecule has 6 heteroatoms. The lowest BCUT2D eigenvalue weighted by Gasteiger charge is -2.14. The fourth-order valence-corrected chi connectivity index (χ4v) is 3.75. The fourth-order valence-electron chi connectivity index (χ4n) is 3.62. The third-order valence-electron chi connectivity index (χ3n) is 5.08. The molecule has 0 saturated carbocycles. The van der Waals surface area contributed by atoms with Crippen LogP contribution in [0.2, 0.25) is 5.02 Å². The molecule has 2 aromatic rings. The smallest absolute Gasteiger partial charge is 0.291 e. The van der Waals surface area contributed by atoms with Crippen molar-refractivity contribution in [1.82, 2.24) is 4.57 Å². The van der Waals surface area contributed by atoms with Gasteiger partial charge in [0.2, 0.25) is 0 Å². The number of ketones is 1. The predicted molar refractivity (Wildman–Crippen MR) is 105 cm³/mol. The Bertz CT molecular complexity index is 1090. The van der Waals surface area contributed by atoms with Crippen LogP contribution in [0.3, 0.4) is 0 Å². The van der Waals surface area contributed by atoms with Crippen LogP contribution in [0, 0.1) is 6.92 Å². The molecule has 0 N–H and O–H groups in total. The number of benzene rings is 1. The van der Waals surface area contributed by atoms with Gasteiger partial charge in [-0.1, -0.05) is 35.7 Å². The number of hydrogen-bond donors (Lipinski definition) is 0. The number of aliphatic imine (C=N–C) groups is 1. The van der Waals surface area contributed by atoms with Crippen LogP contribution in [-0.4, -0.2) is 16.1 Å². The van der Waals surface area contributed by atoms with Crippen LogP contribution < -0.4 is 10.1 Å². The van der Waals surface area contributed by atoms with E-state index in [4.69, 9.17) is 11.6 Å². The summed E-state index contributed by atoms with van der Waals surface area (Å²) in [5, 5.41) is 0.588. The van der Waals surface area contributed by atoms with E-state index in [1.54, 1.807) is 28.8 Å². The number of carbonyl (C=O) groups excluding carboxylic acids is 1. The van der Waals surface area contributed by atoms with Gasteiger partial charge in [0.25, 0.3) is 0 Å². The zero-order valence-corrected chi connectivity index (χ0v) is 15.9. The largest absolute Gasteiger partial charge is 0.403 e. The predicted octanol–water partition coefficient (Wildman–Crippen LogP) is 3.30. The van der Waals surface area contributed by atoms with Gasteiger partial charge in [0, 0.05) is 10.6 Å². The van der Waals surface area contributed by atoms with Crippen molar-refractivity contribution in [3.63, 3.8) is 0 Å². The molecule has 0 bridgehead atoms. The highest BCUT2D eigenvalue weighted by atomic mass is 35.5. The number of fused-ring (bicyclic) bond motifs is 3. The molecule has 1 aliphatic carbocycles. The summed E-state index contributed by atoms with van der Waals surface area (Å²) in [6.07, 6.45) is 8.28. The van der Waals surface area contributed by atoms with Crippen molar-refractivity contribution in [3.8, 4) is 0 Å². The number of carbonyl (C=O) groups is 1. The van der Waals surface area contributed by atoms with Gasteiger partial charge >= 0.3 is 11.5 Å². The molecule has 27 heavy (non-hydrogen) atoms. The van der Waals surface area contributed by atoms with Crippen molar-refractivity contribution in [2.75, 3.05) is 0 Å². The summed E-state index contributed by atoms with van der Waals surface area (Å²) in [5.41, 5.74) is 2.85. The minimum atomic E-state index is -0.208. The summed E-state index contributed by atoms with van der Waals surface area (Å²) < 4.78 is 3.54. The summed E-state index contributed by atoms with van der Waals surface area (Å²) >= 11 is 5.92. The van der Waals surface area contributed by atoms with Crippen molar-refractivity contribution in [3.05, 3.63) is 80.8 Å². The molecule has 0 radical (unpaired) electrons. The molecule has 1 atom stereocenters.